The summed E-state index contributed by atoms with van der Waals surface area (Å²) in [6.07, 6.45) is 2.79. The minimum atomic E-state index is 0.490. The van der Waals surface area contributed by atoms with E-state index in [4.69, 9.17) is 23.7 Å². The fraction of sp³-hybridized carbons (Fsp3) is 0.308. The molecule has 0 saturated heterocycles. The molecule has 3 aromatic carbocycles. The summed E-state index contributed by atoms with van der Waals surface area (Å²) in [5.41, 5.74) is 3.41. The highest BCUT2D eigenvalue weighted by atomic mass is 16.5. The number of methoxy groups -OCH3 is 4. The third-order valence-electron chi connectivity index (χ3n) is 5.21. The van der Waals surface area contributed by atoms with Crippen LogP contribution < -0.4 is 23.7 Å². The molecule has 0 unspecified atom stereocenters. The molecule has 0 aliphatic heterocycles. The van der Waals surface area contributed by atoms with E-state index in [1.54, 1.807) is 28.4 Å². The molecule has 0 aliphatic carbocycles. The minimum absolute atomic E-state index is 0.490. The van der Waals surface area contributed by atoms with E-state index in [0.717, 1.165) is 59.1 Å². The second-order valence-corrected chi connectivity index (χ2v) is 7.14. The lowest BCUT2D eigenvalue weighted by Crippen LogP contribution is -1.99. The Morgan fingerprint density at radius 2 is 1.06 bits per heavy atom. The van der Waals surface area contributed by atoms with E-state index in [2.05, 4.69) is 12.1 Å². The molecule has 0 aromatic heterocycles. The summed E-state index contributed by atoms with van der Waals surface area (Å²) < 4.78 is 27.5. The van der Waals surface area contributed by atoms with Gasteiger partial charge >= 0.3 is 0 Å². The summed E-state index contributed by atoms with van der Waals surface area (Å²) in [4.78, 5) is 0. The van der Waals surface area contributed by atoms with Gasteiger partial charge in [-0.15, -0.1) is 0 Å². The van der Waals surface area contributed by atoms with Gasteiger partial charge in [0.1, 0.15) is 35.4 Å². The van der Waals surface area contributed by atoms with E-state index in [1.165, 1.54) is 5.56 Å². The highest BCUT2D eigenvalue weighted by Gasteiger charge is 2.09. The van der Waals surface area contributed by atoms with Crippen molar-refractivity contribution in [1.82, 2.24) is 0 Å². The monoisotopic (exact) mass is 422 g/mol. The lowest BCUT2D eigenvalue weighted by Gasteiger charge is -2.13. The van der Waals surface area contributed by atoms with E-state index in [1.807, 2.05) is 48.5 Å². The van der Waals surface area contributed by atoms with Crippen LogP contribution in [-0.4, -0.2) is 28.4 Å². The van der Waals surface area contributed by atoms with E-state index < -0.39 is 0 Å². The molecule has 5 heteroatoms. The molecular weight excluding hydrogens is 392 g/mol. The Bertz CT molecular complexity index is 966. The molecule has 0 heterocycles. The topological polar surface area (TPSA) is 46.2 Å². The number of rotatable bonds is 11. The van der Waals surface area contributed by atoms with Crippen LogP contribution in [-0.2, 0) is 19.4 Å². The molecule has 0 radical (unpaired) electrons. The Hall–Kier alpha value is -3.34. The van der Waals surface area contributed by atoms with E-state index in [9.17, 15) is 0 Å². The van der Waals surface area contributed by atoms with Crippen LogP contribution in [0.25, 0.3) is 0 Å². The van der Waals surface area contributed by atoms with Gasteiger partial charge in [0.2, 0.25) is 0 Å². The molecule has 0 fully saturated rings. The maximum Gasteiger partial charge on any atom is 0.125 e. The van der Waals surface area contributed by atoms with Gasteiger partial charge in [0, 0.05) is 12.1 Å². The third kappa shape index (κ3) is 6.07. The van der Waals surface area contributed by atoms with Crippen molar-refractivity contribution in [2.24, 2.45) is 0 Å². The molecule has 3 rings (SSSR count). The Balaban J connectivity index is 1.58. The first kappa shape index (κ1) is 22.3. The first-order chi connectivity index (χ1) is 15.2. The first-order valence-electron chi connectivity index (χ1n) is 10.3. The molecular formula is C26H30O5. The van der Waals surface area contributed by atoms with Crippen molar-refractivity contribution in [3.63, 3.8) is 0 Å². The van der Waals surface area contributed by atoms with Crippen molar-refractivity contribution < 1.29 is 23.7 Å². The number of benzene rings is 3. The Morgan fingerprint density at radius 1 is 0.548 bits per heavy atom. The second kappa shape index (κ2) is 11.2. The van der Waals surface area contributed by atoms with Crippen LogP contribution >= 0.6 is 0 Å². The molecule has 0 amide bonds. The average Bonchev–Trinajstić information content (AvgIpc) is 2.83. The lowest BCUT2D eigenvalue weighted by atomic mass is 10.0. The number of ether oxygens (including phenoxy) is 5. The van der Waals surface area contributed by atoms with E-state index in [-0.39, 0.29) is 0 Å². The van der Waals surface area contributed by atoms with Gasteiger partial charge in [0.05, 0.1) is 28.4 Å². The van der Waals surface area contributed by atoms with Crippen molar-refractivity contribution in [2.75, 3.05) is 28.4 Å². The molecule has 0 saturated carbocycles. The van der Waals surface area contributed by atoms with Crippen molar-refractivity contribution in [3.8, 4) is 28.7 Å². The molecule has 0 bridgehead atoms. The molecule has 0 atom stereocenters. The zero-order valence-corrected chi connectivity index (χ0v) is 18.6. The van der Waals surface area contributed by atoms with Crippen LogP contribution in [0.1, 0.15) is 23.1 Å². The molecule has 5 nitrogen and oxygen atoms in total. The van der Waals surface area contributed by atoms with Gasteiger partial charge < -0.3 is 23.7 Å². The predicted molar refractivity (Wildman–Crippen MR) is 122 cm³/mol. The number of hydrogen-bond donors (Lipinski definition) is 0. The summed E-state index contributed by atoms with van der Waals surface area (Å²) in [5, 5.41) is 0. The Kier molecular flexibility index (Phi) is 8.05. The highest BCUT2D eigenvalue weighted by Crippen LogP contribution is 2.29. The summed E-state index contributed by atoms with van der Waals surface area (Å²) in [5.74, 6) is 4.12. The number of aryl methyl sites for hydroxylation is 2. The fourth-order valence-electron chi connectivity index (χ4n) is 3.44. The largest absolute Gasteiger partial charge is 0.497 e. The van der Waals surface area contributed by atoms with Gasteiger partial charge in [-0.1, -0.05) is 24.3 Å². The van der Waals surface area contributed by atoms with Gasteiger partial charge in [-0.25, -0.2) is 0 Å². The Labute approximate surface area is 184 Å². The standard InChI is InChI=1S/C26H30O5/c1-27-22-12-8-19(9-13-22)18-31-24-15-11-21(26(17-24)30-4)7-5-6-20-10-14-23(28-2)16-25(20)29-3/h8-17H,5-7,18H2,1-4H3. The molecule has 0 aliphatic rings. The van der Waals surface area contributed by atoms with E-state index >= 15 is 0 Å². The van der Waals surface area contributed by atoms with E-state index in [0.29, 0.717) is 6.61 Å². The minimum Gasteiger partial charge on any atom is -0.497 e. The van der Waals surface area contributed by atoms with Crippen molar-refractivity contribution in [3.05, 3.63) is 77.4 Å². The zero-order chi connectivity index (χ0) is 22.1. The van der Waals surface area contributed by atoms with Crippen molar-refractivity contribution in [1.29, 1.82) is 0 Å². The molecule has 164 valence electrons. The van der Waals surface area contributed by atoms with Crippen LogP contribution in [0.15, 0.2) is 60.7 Å². The van der Waals surface area contributed by atoms with Crippen LogP contribution in [0.4, 0.5) is 0 Å². The van der Waals surface area contributed by atoms with Crippen LogP contribution in [0.2, 0.25) is 0 Å². The summed E-state index contributed by atoms with van der Waals surface area (Å²) >= 11 is 0. The summed E-state index contributed by atoms with van der Waals surface area (Å²) in [6, 6.07) is 19.8. The SMILES string of the molecule is COc1ccc(COc2ccc(CCCc3ccc(OC)cc3OC)c(OC)c2)cc1. The molecule has 31 heavy (non-hydrogen) atoms. The second-order valence-electron chi connectivity index (χ2n) is 7.14. The maximum absolute atomic E-state index is 5.94. The predicted octanol–water partition coefficient (Wildman–Crippen LogP) is 5.48. The third-order valence-corrected chi connectivity index (χ3v) is 5.21. The smallest absolute Gasteiger partial charge is 0.125 e. The fourth-order valence-corrected chi connectivity index (χ4v) is 3.44. The first-order valence-corrected chi connectivity index (χ1v) is 10.3. The van der Waals surface area contributed by atoms with Crippen LogP contribution in [0.5, 0.6) is 28.7 Å². The van der Waals surface area contributed by atoms with Gasteiger partial charge in [-0.2, -0.15) is 0 Å². The van der Waals surface area contributed by atoms with Gasteiger partial charge in [-0.05, 0) is 60.2 Å². The average molecular weight is 423 g/mol. The summed E-state index contributed by atoms with van der Waals surface area (Å²) in [7, 11) is 6.70. The van der Waals surface area contributed by atoms with Crippen LogP contribution in [0, 0.1) is 0 Å². The summed E-state index contributed by atoms with van der Waals surface area (Å²) in [6.45, 7) is 0.490. The quantitative estimate of drug-likeness (QED) is 0.410. The maximum atomic E-state index is 5.94. The normalized spacial score (nSPS) is 10.5. The highest BCUT2D eigenvalue weighted by molar-refractivity contribution is 5.42. The number of hydrogen-bond acceptors (Lipinski definition) is 5. The van der Waals surface area contributed by atoms with Crippen LogP contribution in [0.3, 0.4) is 0 Å². The van der Waals surface area contributed by atoms with Crippen molar-refractivity contribution in [2.45, 2.75) is 25.9 Å². The van der Waals surface area contributed by atoms with Gasteiger partial charge in [-0.3, -0.25) is 0 Å². The van der Waals surface area contributed by atoms with Gasteiger partial charge in [0.15, 0.2) is 0 Å². The van der Waals surface area contributed by atoms with Gasteiger partial charge in [0.25, 0.3) is 0 Å². The zero-order valence-electron chi connectivity index (χ0n) is 18.6. The molecule has 0 N–H and O–H groups in total. The Morgan fingerprint density at radius 3 is 1.61 bits per heavy atom. The molecule has 0 spiro atoms. The van der Waals surface area contributed by atoms with Crippen molar-refractivity contribution >= 4 is 0 Å². The molecule has 3 aromatic rings. The lowest BCUT2D eigenvalue weighted by molar-refractivity contribution is 0.303.